The van der Waals surface area contributed by atoms with Crippen molar-refractivity contribution in [3.05, 3.63) is 32.7 Å². The summed E-state index contributed by atoms with van der Waals surface area (Å²) < 4.78 is 1.55. The van der Waals surface area contributed by atoms with E-state index in [1.54, 1.807) is 17.0 Å². The van der Waals surface area contributed by atoms with Gasteiger partial charge in [0.2, 0.25) is 0 Å². The number of hydrogen-bond acceptors (Lipinski definition) is 2. The van der Waals surface area contributed by atoms with E-state index in [2.05, 4.69) is 31.9 Å². The molecule has 1 aliphatic rings. The minimum absolute atomic E-state index is 0.126. The number of nitrogens with zero attached hydrogens (tertiary/aromatic N) is 1. The molecule has 6 heteroatoms. The summed E-state index contributed by atoms with van der Waals surface area (Å²) in [7, 11) is 0. The van der Waals surface area contributed by atoms with E-state index in [0.29, 0.717) is 18.5 Å². The van der Waals surface area contributed by atoms with Crippen LogP contribution in [0.2, 0.25) is 0 Å². The van der Waals surface area contributed by atoms with Gasteiger partial charge in [0.1, 0.15) is 0 Å². The molecule has 19 heavy (non-hydrogen) atoms. The molecule has 1 heterocycles. The van der Waals surface area contributed by atoms with Gasteiger partial charge in [0.15, 0.2) is 0 Å². The Morgan fingerprint density at radius 1 is 1.32 bits per heavy atom. The van der Waals surface area contributed by atoms with E-state index in [4.69, 9.17) is 5.11 Å². The molecule has 1 amide bonds. The zero-order valence-corrected chi connectivity index (χ0v) is 13.3. The maximum Gasteiger partial charge on any atom is 0.308 e. The van der Waals surface area contributed by atoms with Gasteiger partial charge < -0.3 is 10.0 Å². The van der Waals surface area contributed by atoms with Gasteiger partial charge in [-0.2, -0.15) is 0 Å². The lowest BCUT2D eigenvalue weighted by Gasteiger charge is -2.31. The van der Waals surface area contributed by atoms with Gasteiger partial charge in [-0.25, -0.2) is 0 Å². The Kier molecular flexibility index (Phi) is 4.62. The van der Waals surface area contributed by atoms with E-state index >= 15 is 0 Å². The fraction of sp³-hybridized carbons (Fsp3) is 0.385. The van der Waals surface area contributed by atoms with Crippen LogP contribution in [0.3, 0.4) is 0 Å². The van der Waals surface area contributed by atoms with Gasteiger partial charge in [0.05, 0.1) is 11.5 Å². The van der Waals surface area contributed by atoms with E-state index in [0.717, 1.165) is 15.4 Å². The van der Waals surface area contributed by atoms with Crippen LogP contribution >= 0.6 is 31.9 Å². The van der Waals surface area contributed by atoms with Crippen molar-refractivity contribution in [2.75, 3.05) is 13.1 Å². The molecule has 1 saturated heterocycles. The third kappa shape index (κ3) is 3.36. The van der Waals surface area contributed by atoms with Gasteiger partial charge in [-0.1, -0.05) is 15.9 Å². The van der Waals surface area contributed by atoms with Gasteiger partial charge in [-0.3, -0.25) is 9.59 Å². The number of piperidine rings is 1. The molecule has 0 bridgehead atoms. The Balaban J connectivity index is 2.19. The van der Waals surface area contributed by atoms with E-state index in [1.807, 2.05) is 6.07 Å². The second kappa shape index (κ2) is 6.05. The number of carboxylic acid groups (broad SMARTS) is 1. The predicted octanol–water partition coefficient (Wildman–Crippen LogP) is 3.15. The van der Waals surface area contributed by atoms with Gasteiger partial charge in [0.25, 0.3) is 5.91 Å². The fourth-order valence-electron chi connectivity index (χ4n) is 2.19. The number of rotatable bonds is 2. The summed E-state index contributed by atoms with van der Waals surface area (Å²) >= 11 is 6.70. The summed E-state index contributed by atoms with van der Waals surface area (Å²) in [6.07, 6.45) is 1.37. The SMILES string of the molecule is O=C(O)[C@H]1CCCN(C(=O)c2cc(Br)ccc2Br)C1. The van der Waals surface area contributed by atoms with Crippen molar-refractivity contribution in [1.29, 1.82) is 0 Å². The molecule has 1 aromatic rings. The standard InChI is InChI=1S/C13H13Br2NO3/c14-9-3-4-11(15)10(6-9)12(17)16-5-1-2-8(7-16)13(18)19/h3-4,6,8H,1-2,5,7H2,(H,18,19)/t8-/m0/s1. The average molecular weight is 391 g/mol. The molecule has 0 aliphatic carbocycles. The van der Waals surface area contributed by atoms with Crippen LogP contribution in [0.25, 0.3) is 0 Å². The maximum atomic E-state index is 12.4. The first kappa shape index (κ1) is 14.5. The topological polar surface area (TPSA) is 57.6 Å². The molecule has 0 spiro atoms. The molecule has 0 aromatic heterocycles. The summed E-state index contributed by atoms with van der Waals surface area (Å²) in [5.74, 6) is -1.41. The van der Waals surface area contributed by atoms with Crippen molar-refractivity contribution in [2.45, 2.75) is 12.8 Å². The largest absolute Gasteiger partial charge is 0.481 e. The molecule has 0 radical (unpaired) electrons. The molecule has 0 saturated carbocycles. The van der Waals surface area contributed by atoms with Gasteiger partial charge in [0, 0.05) is 22.0 Å². The summed E-state index contributed by atoms with van der Waals surface area (Å²) in [4.78, 5) is 25.1. The zero-order valence-electron chi connectivity index (χ0n) is 10.1. The molecule has 1 aliphatic heterocycles. The van der Waals surface area contributed by atoms with Crippen LogP contribution in [0.4, 0.5) is 0 Å². The number of aliphatic carboxylic acids is 1. The maximum absolute atomic E-state index is 12.4. The second-order valence-corrected chi connectivity index (χ2v) is 6.32. The number of hydrogen-bond donors (Lipinski definition) is 1. The van der Waals surface area contributed by atoms with E-state index in [1.165, 1.54) is 0 Å². The highest BCUT2D eigenvalue weighted by atomic mass is 79.9. The van der Waals surface area contributed by atoms with Crippen LogP contribution in [0.15, 0.2) is 27.1 Å². The van der Waals surface area contributed by atoms with Crippen LogP contribution < -0.4 is 0 Å². The zero-order chi connectivity index (χ0) is 14.0. The molecular formula is C13H13Br2NO3. The number of carbonyl (C=O) groups excluding carboxylic acids is 1. The van der Waals surface area contributed by atoms with E-state index in [9.17, 15) is 9.59 Å². The smallest absolute Gasteiger partial charge is 0.308 e. The number of likely N-dealkylation sites (tertiary alicyclic amines) is 1. The lowest BCUT2D eigenvalue weighted by atomic mass is 9.97. The van der Waals surface area contributed by atoms with Gasteiger partial charge in [-0.05, 0) is 47.0 Å². The van der Waals surface area contributed by atoms with Crippen LogP contribution in [-0.2, 0) is 4.79 Å². The minimum Gasteiger partial charge on any atom is -0.481 e. The molecule has 1 fully saturated rings. The Morgan fingerprint density at radius 3 is 2.74 bits per heavy atom. The Hall–Kier alpha value is -0.880. The van der Waals surface area contributed by atoms with Gasteiger partial charge in [-0.15, -0.1) is 0 Å². The van der Waals surface area contributed by atoms with Crippen molar-refractivity contribution in [2.24, 2.45) is 5.92 Å². The Labute approximate surface area is 128 Å². The third-order valence-corrected chi connectivity index (χ3v) is 4.40. The van der Waals surface area contributed by atoms with Crippen molar-refractivity contribution >= 4 is 43.7 Å². The molecule has 1 N–H and O–H groups in total. The molecule has 4 nitrogen and oxygen atoms in total. The Morgan fingerprint density at radius 2 is 2.05 bits per heavy atom. The second-order valence-electron chi connectivity index (χ2n) is 4.55. The Bertz CT molecular complexity index is 519. The quantitative estimate of drug-likeness (QED) is 0.843. The highest BCUT2D eigenvalue weighted by molar-refractivity contribution is 9.11. The summed E-state index contributed by atoms with van der Waals surface area (Å²) in [6, 6.07) is 5.39. The van der Waals surface area contributed by atoms with Crippen LogP contribution in [0.5, 0.6) is 0 Å². The van der Waals surface area contributed by atoms with E-state index < -0.39 is 11.9 Å². The number of amides is 1. The predicted molar refractivity (Wildman–Crippen MR) is 78.1 cm³/mol. The third-order valence-electron chi connectivity index (χ3n) is 3.22. The molecular weight excluding hydrogens is 378 g/mol. The van der Waals surface area contributed by atoms with Crippen molar-refractivity contribution in [3.8, 4) is 0 Å². The minimum atomic E-state index is -0.828. The molecule has 0 unspecified atom stereocenters. The summed E-state index contributed by atoms with van der Waals surface area (Å²) in [5.41, 5.74) is 0.556. The normalized spacial score (nSPS) is 19.3. The van der Waals surface area contributed by atoms with Crippen molar-refractivity contribution < 1.29 is 14.7 Å². The van der Waals surface area contributed by atoms with Crippen molar-refractivity contribution in [3.63, 3.8) is 0 Å². The van der Waals surface area contributed by atoms with Crippen LogP contribution in [-0.4, -0.2) is 35.0 Å². The molecule has 102 valence electrons. The monoisotopic (exact) mass is 389 g/mol. The number of halogens is 2. The van der Waals surface area contributed by atoms with Crippen LogP contribution in [0.1, 0.15) is 23.2 Å². The first-order valence-electron chi connectivity index (χ1n) is 5.96. The number of benzene rings is 1. The first-order valence-corrected chi connectivity index (χ1v) is 7.55. The number of carboxylic acids is 1. The van der Waals surface area contributed by atoms with Gasteiger partial charge >= 0.3 is 5.97 Å². The van der Waals surface area contributed by atoms with Crippen LogP contribution in [0, 0.1) is 5.92 Å². The fourth-order valence-corrected chi connectivity index (χ4v) is 2.97. The first-order chi connectivity index (χ1) is 8.99. The van der Waals surface area contributed by atoms with E-state index in [-0.39, 0.29) is 12.5 Å². The summed E-state index contributed by atoms with van der Waals surface area (Å²) in [6.45, 7) is 0.898. The summed E-state index contributed by atoms with van der Waals surface area (Å²) in [5, 5.41) is 9.05. The molecule has 1 aromatic carbocycles. The molecule has 2 rings (SSSR count). The molecule has 1 atom stereocenters. The lowest BCUT2D eigenvalue weighted by Crippen LogP contribution is -2.42. The highest BCUT2D eigenvalue weighted by Gasteiger charge is 2.29. The number of carbonyl (C=O) groups is 2. The van der Waals surface area contributed by atoms with Crippen molar-refractivity contribution in [1.82, 2.24) is 4.90 Å². The highest BCUT2D eigenvalue weighted by Crippen LogP contribution is 2.25. The lowest BCUT2D eigenvalue weighted by molar-refractivity contribution is -0.143. The average Bonchev–Trinajstić information content (AvgIpc) is 2.41.